The summed E-state index contributed by atoms with van der Waals surface area (Å²) in [4.78, 5) is 0. The Kier molecular flexibility index (Phi) is 7.55. The van der Waals surface area contributed by atoms with E-state index in [-0.39, 0.29) is 0 Å². The largest absolute Gasteiger partial charge is 0.481 e. The number of rotatable bonds is 6. The molecule has 2 N–H and O–H groups in total. The van der Waals surface area contributed by atoms with E-state index in [4.69, 9.17) is 10.2 Å². The maximum atomic E-state index is 8.36. The molecule has 2 nitrogen and oxygen atoms in total. The Morgan fingerprint density at radius 2 is 1.92 bits per heavy atom. The number of unbranched alkanes of at least 4 members (excludes halogenated alkanes) is 4. The smallest absolute Gasteiger partial charge is 0.274 e. The summed E-state index contributed by atoms with van der Waals surface area (Å²) in [6, 6.07) is 0. The molecule has 0 fully saturated rings. The van der Waals surface area contributed by atoms with Crippen LogP contribution in [0.1, 0.15) is 39.0 Å². The number of aliphatic hydroxyl groups excluding tert-OH is 1. The van der Waals surface area contributed by atoms with Crippen molar-refractivity contribution in [3.8, 4) is 0 Å². The molecule has 0 saturated carbocycles. The Morgan fingerprint density at radius 1 is 1.17 bits per heavy atom. The van der Waals surface area contributed by atoms with Crippen LogP contribution in [-0.4, -0.2) is 10.2 Å². The van der Waals surface area contributed by atoms with Crippen LogP contribution in [0.25, 0.3) is 0 Å². The second-order valence-electron chi connectivity index (χ2n) is 2.80. The molecule has 0 rings (SSSR count). The van der Waals surface area contributed by atoms with E-state index in [2.05, 4.69) is 6.92 Å². The molecule has 0 bridgehead atoms. The van der Waals surface area contributed by atoms with Gasteiger partial charge in [-0.15, -0.1) is 0 Å². The van der Waals surface area contributed by atoms with E-state index in [9.17, 15) is 0 Å². The molecule has 0 aliphatic heterocycles. The quantitative estimate of drug-likeness (QED) is 0.364. The predicted octanol–water partition coefficient (Wildman–Crippen LogP) is 3.47. The van der Waals surface area contributed by atoms with Gasteiger partial charge in [-0.25, -0.2) is 0 Å². The van der Waals surface area contributed by atoms with E-state index in [1.807, 2.05) is 6.08 Å². The SMILES string of the molecule is CCCCCC/C=C/C=C(O)O. The minimum atomic E-state index is -0.625. The molecule has 0 spiro atoms. The second kappa shape index (κ2) is 8.18. The standard InChI is InChI=1S/C10H18O2/c1-2-3-4-5-6-7-8-9-10(11)12/h7-9,11-12H,2-6H2,1H3/b8-7+. The lowest BCUT2D eigenvalue weighted by Gasteiger charge is -1.92. The zero-order chi connectivity index (χ0) is 9.23. The van der Waals surface area contributed by atoms with Gasteiger partial charge in [0.15, 0.2) is 0 Å². The minimum Gasteiger partial charge on any atom is -0.481 e. The molecule has 0 unspecified atom stereocenters. The van der Waals surface area contributed by atoms with Crippen LogP contribution >= 0.6 is 0 Å². The lowest BCUT2D eigenvalue weighted by Crippen LogP contribution is -1.74. The third kappa shape index (κ3) is 9.08. The summed E-state index contributed by atoms with van der Waals surface area (Å²) in [5.41, 5.74) is 0. The normalized spacial score (nSPS) is 10.4. The molecule has 0 heterocycles. The van der Waals surface area contributed by atoms with Gasteiger partial charge in [-0.3, -0.25) is 0 Å². The van der Waals surface area contributed by atoms with Gasteiger partial charge < -0.3 is 10.2 Å². The van der Waals surface area contributed by atoms with Crippen molar-refractivity contribution in [3.63, 3.8) is 0 Å². The van der Waals surface area contributed by atoms with Crippen molar-refractivity contribution in [1.82, 2.24) is 0 Å². The van der Waals surface area contributed by atoms with Gasteiger partial charge >= 0.3 is 0 Å². The van der Waals surface area contributed by atoms with E-state index in [0.717, 1.165) is 6.42 Å². The van der Waals surface area contributed by atoms with Crippen LogP contribution in [0.5, 0.6) is 0 Å². The molecular weight excluding hydrogens is 152 g/mol. The Hall–Kier alpha value is -0.920. The Bertz CT molecular complexity index is 144. The van der Waals surface area contributed by atoms with Crippen LogP contribution in [0.15, 0.2) is 24.2 Å². The molecule has 0 aromatic carbocycles. The first-order valence-electron chi connectivity index (χ1n) is 4.52. The van der Waals surface area contributed by atoms with Crippen molar-refractivity contribution in [2.45, 2.75) is 39.0 Å². The van der Waals surface area contributed by atoms with E-state index in [0.29, 0.717) is 0 Å². The Balaban J connectivity index is 3.19. The number of hydrogen-bond donors (Lipinski definition) is 2. The van der Waals surface area contributed by atoms with Crippen LogP contribution in [0.2, 0.25) is 0 Å². The molecule has 0 aromatic heterocycles. The zero-order valence-corrected chi connectivity index (χ0v) is 7.66. The van der Waals surface area contributed by atoms with Gasteiger partial charge in [-0.2, -0.15) is 0 Å². The van der Waals surface area contributed by atoms with Crippen molar-refractivity contribution in [1.29, 1.82) is 0 Å². The topological polar surface area (TPSA) is 40.5 Å². The van der Waals surface area contributed by atoms with Crippen molar-refractivity contribution >= 4 is 0 Å². The average molecular weight is 170 g/mol. The first-order valence-corrected chi connectivity index (χ1v) is 4.52. The molecule has 0 aliphatic rings. The molecule has 0 amide bonds. The fraction of sp³-hybridized carbons (Fsp3) is 0.600. The van der Waals surface area contributed by atoms with E-state index in [1.54, 1.807) is 6.08 Å². The molecule has 0 atom stereocenters. The molecule has 0 saturated heterocycles. The highest BCUT2D eigenvalue weighted by Gasteiger charge is 1.83. The van der Waals surface area contributed by atoms with Crippen LogP contribution in [-0.2, 0) is 0 Å². The summed E-state index contributed by atoms with van der Waals surface area (Å²) in [7, 11) is 0. The van der Waals surface area contributed by atoms with Gasteiger partial charge in [-0.1, -0.05) is 38.3 Å². The molecule has 70 valence electrons. The second-order valence-corrected chi connectivity index (χ2v) is 2.80. The van der Waals surface area contributed by atoms with Crippen molar-refractivity contribution < 1.29 is 10.2 Å². The Labute approximate surface area is 74.2 Å². The van der Waals surface area contributed by atoms with Gasteiger partial charge in [0.1, 0.15) is 0 Å². The summed E-state index contributed by atoms with van der Waals surface area (Å²) in [5.74, 6) is -0.625. The average Bonchev–Trinajstić information content (AvgIpc) is 2.02. The summed E-state index contributed by atoms with van der Waals surface area (Å²) in [6.07, 6.45) is 10.9. The van der Waals surface area contributed by atoms with Crippen LogP contribution in [0, 0.1) is 0 Å². The third-order valence-corrected chi connectivity index (χ3v) is 1.61. The first-order chi connectivity index (χ1) is 5.77. The molecule has 0 aromatic rings. The lowest BCUT2D eigenvalue weighted by atomic mass is 10.1. The maximum Gasteiger partial charge on any atom is 0.274 e. The Morgan fingerprint density at radius 3 is 2.50 bits per heavy atom. The fourth-order valence-electron chi connectivity index (χ4n) is 0.939. The van der Waals surface area contributed by atoms with E-state index >= 15 is 0 Å². The van der Waals surface area contributed by atoms with Gasteiger partial charge in [0.05, 0.1) is 0 Å². The van der Waals surface area contributed by atoms with Gasteiger partial charge in [0.25, 0.3) is 5.95 Å². The van der Waals surface area contributed by atoms with Gasteiger partial charge in [-0.05, 0) is 12.8 Å². The number of hydrogen-bond acceptors (Lipinski definition) is 2. The van der Waals surface area contributed by atoms with E-state index < -0.39 is 5.95 Å². The maximum absolute atomic E-state index is 8.36. The first kappa shape index (κ1) is 11.1. The van der Waals surface area contributed by atoms with Gasteiger partial charge in [0, 0.05) is 6.08 Å². The number of allylic oxidation sites excluding steroid dienone is 3. The molecule has 0 aliphatic carbocycles. The highest BCUT2D eigenvalue weighted by Crippen LogP contribution is 2.02. The lowest BCUT2D eigenvalue weighted by molar-refractivity contribution is 0.191. The monoisotopic (exact) mass is 170 g/mol. The predicted molar refractivity (Wildman–Crippen MR) is 51.2 cm³/mol. The zero-order valence-electron chi connectivity index (χ0n) is 7.66. The minimum absolute atomic E-state index is 0.625. The van der Waals surface area contributed by atoms with Crippen molar-refractivity contribution in [2.75, 3.05) is 0 Å². The summed E-state index contributed by atoms with van der Waals surface area (Å²) < 4.78 is 0. The van der Waals surface area contributed by atoms with Crippen LogP contribution < -0.4 is 0 Å². The highest BCUT2D eigenvalue weighted by atomic mass is 16.5. The fourth-order valence-corrected chi connectivity index (χ4v) is 0.939. The van der Waals surface area contributed by atoms with Crippen LogP contribution in [0.3, 0.4) is 0 Å². The molecular formula is C10H18O2. The van der Waals surface area contributed by atoms with Crippen molar-refractivity contribution in [2.24, 2.45) is 0 Å². The molecule has 0 radical (unpaired) electrons. The van der Waals surface area contributed by atoms with Gasteiger partial charge in [0.2, 0.25) is 0 Å². The summed E-state index contributed by atoms with van der Waals surface area (Å²) in [5, 5.41) is 16.7. The summed E-state index contributed by atoms with van der Waals surface area (Å²) >= 11 is 0. The molecule has 12 heavy (non-hydrogen) atoms. The molecule has 2 heteroatoms. The van der Waals surface area contributed by atoms with Crippen LogP contribution in [0.4, 0.5) is 0 Å². The highest BCUT2D eigenvalue weighted by molar-refractivity contribution is 5.01. The van der Waals surface area contributed by atoms with Crippen molar-refractivity contribution in [3.05, 3.63) is 24.2 Å². The third-order valence-electron chi connectivity index (χ3n) is 1.61. The summed E-state index contributed by atoms with van der Waals surface area (Å²) in [6.45, 7) is 2.18. The number of aliphatic hydroxyl groups is 2. The van der Waals surface area contributed by atoms with E-state index in [1.165, 1.54) is 31.8 Å².